The molecule has 0 saturated carbocycles. The van der Waals surface area contributed by atoms with E-state index in [0.29, 0.717) is 29.8 Å². The maximum atomic E-state index is 12.4. The predicted molar refractivity (Wildman–Crippen MR) is 97.2 cm³/mol. The first kappa shape index (κ1) is 18.7. The zero-order chi connectivity index (χ0) is 18.0. The molecule has 0 spiro atoms. The van der Waals surface area contributed by atoms with Crippen molar-refractivity contribution >= 4 is 27.5 Å². The molecule has 1 aromatic rings. The summed E-state index contributed by atoms with van der Waals surface area (Å²) in [7, 11) is -0.990. The van der Waals surface area contributed by atoms with Crippen LogP contribution in [0.25, 0.3) is 0 Å². The van der Waals surface area contributed by atoms with Gasteiger partial charge in [0.25, 0.3) is 0 Å². The van der Waals surface area contributed by atoms with Crippen LogP contribution in [0.4, 0.5) is 0 Å². The number of sulfone groups is 1. The predicted octanol–water partition coefficient (Wildman–Crippen LogP) is 1.29. The van der Waals surface area contributed by atoms with Gasteiger partial charge in [-0.15, -0.1) is 10.2 Å². The van der Waals surface area contributed by atoms with Crippen molar-refractivity contribution in [1.82, 2.24) is 19.7 Å². The highest BCUT2D eigenvalue weighted by molar-refractivity contribution is 7.99. The molecule has 2 aliphatic heterocycles. The molecule has 1 amide bonds. The number of carbonyl (C=O) groups is 1. The van der Waals surface area contributed by atoms with Crippen LogP contribution in [0.15, 0.2) is 5.16 Å². The van der Waals surface area contributed by atoms with Crippen LogP contribution in [0.3, 0.4) is 0 Å². The molecule has 0 aliphatic carbocycles. The number of rotatable bonds is 5. The summed E-state index contributed by atoms with van der Waals surface area (Å²) in [4.78, 5) is 14.4. The average molecular weight is 387 g/mol. The first-order valence-electron chi connectivity index (χ1n) is 8.86. The molecular weight excluding hydrogens is 360 g/mol. The highest BCUT2D eigenvalue weighted by Gasteiger charge is 2.29. The number of piperidine rings is 1. The Hall–Kier alpha value is -1.09. The lowest BCUT2D eigenvalue weighted by Crippen LogP contribution is -2.42. The van der Waals surface area contributed by atoms with E-state index in [4.69, 9.17) is 0 Å². The molecule has 1 aromatic heterocycles. The molecule has 0 unspecified atom stereocenters. The van der Waals surface area contributed by atoms with E-state index in [9.17, 15) is 13.2 Å². The van der Waals surface area contributed by atoms with E-state index in [1.165, 1.54) is 18.2 Å². The second-order valence-corrected chi connectivity index (χ2v) is 10.3. The average Bonchev–Trinajstić information content (AvgIpc) is 3.08. The van der Waals surface area contributed by atoms with Gasteiger partial charge in [-0.2, -0.15) is 0 Å². The van der Waals surface area contributed by atoms with E-state index in [1.54, 1.807) is 0 Å². The van der Waals surface area contributed by atoms with Gasteiger partial charge in [-0.25, -0.2) is 8.42 Å². The Morgan fingerprint density at radius 3 is 2.76 bits per heavy atom. The van der Waals surface area contributed by atoms with Gasteiger partial charge in [0.1, 0.15) is 5.82 Å². The van der Waals surface area contributed by atoms with Gasteiger partial charge in [0.15, 0.2) is 15.0 Å². The maximum Gasteiger partial charge on any atom is 0.233 e. The number of carbonyl (C=O) groups excluding carboxylic acids is 1. The van der Waals surface area contributed by atoms with Crippen LogP contribution in [0.5, 0.6) is 0 Å². The van der Waals surface area contributed by atoms with E-state index >= 15 is 0 Å². The number of hydrogen-bond acceptors (Lipinski definition) is 6. The summed E-state index contributed by atoms with van der Waals surface area (Å²) in [5, 5.41) is 9.11. The molecule has 0 N–H and O–H groups in total. The molecule has 0 bridgehead atoms. The van der Waals surface area contributed by atoms with Crippen LogP contribution in [-0.4, -0.2) is 63.8 Å². The Morgan fingerprint density at radius 2 is 2.08 bits per heavy atom. The Balaban J connectivity index is 1.55. The third-order valence-corrected chi connectivity index (χ3v) is 8.01. The molecule has 2 atom stereocenters. The molecule has 140 valence electrons. The second-order valence-electron chi connectivity index (χ2n) is 7.15. The summed E-state index contributed by atoms with van der Waals surface area (Å²) in [5.41, 5.74) is 0. The largest absolute Gasteiger partial charge is 0.339 e. The fourth-order valence-electron chi connectivity index (χ4n) is 3.62. The van der Waals surface area contributed by atoms with E-state index in [1.807, 2.05) is 16.5 Å². The van der Waals surface area contributed by atoms with Crippen molar-refractivity contribution in [3.8, 4) is 0 Å². The van der Waals surface area contributed by atoms with E-state index in [-0.39, 0.29) is 23.3 Å². The molecule has 3 rings (SSSR count). The summed E-state index contributed by atoms with van der Waals surface area (Å²) in [6.45, 7) is 2.96. The minimum Gasteiger partial charge on any atom is -0.339 e. The minimum absolute atomic E-state index is 0.126. The van der Waals surface area contributed by atoms with Crippen molar-refractivity contribution in [1.29, 1.82) is 0 Å². The van der Waals surface area contributed by atoms with Crippen molar-refractivity contribution in [3.63, 3.8) is 0 Å². The van der Waals surface area contributed by atoms with Gasteiger partial charge in [0, 0.05) is 26.1 Å². The number of nitrogens with zero attached hydrogens (tertiary/aromatic N) is 4. The molecule has 2 aliphatic rings. The van der Waals surface area contributed by atoms with E-state index < -0.39 is 9.84 Å². The van der Waals surface area contributed by atoms with Gasteiger partial charge >= 0.3 is 0 Å². The van der Waals surface area contributed by atoms with Crippen molar-refractivity contribution in [2.24, 2.45) is 13.0 Å². The smallest absolute Gasteiger partial charge is 0.233 e. The van der Waals surface area contributed by atoms with Gasteiger partial charge in [-0.3, -0.25) is 4.79 Å². The number of aromatic nitrogens is 3. The minimum atomic E-state index is -2.87. The van der Waals surface area contributed by atoms with Crippen LogP contribution in [-0.2, 0) is 28.1 Å². The molecule has 7 nitrogen and oxygen atoms in total. The number of thioether (sulfide) groups is 1. The molecule has 0 aromatic carbocycles. The summed E-state index contributed by atoms with van der Waals surface area (Å²) in [5.74, 6) is 1.97. The fraction of sp³-hybridized carbons (Fsp3) is 0.812. The van der Waals surface area contributed by atoms with E-state index in [0.717, 1.165) is 25.2 Å². The quantitative estimate of drug-likeness (QED) is 0.709. The molecule has 2 fully saturated rings. The molecule has 0 radical (unpaired) electrons. The monoisotopic (exact) mass is 386 g/mol. The van der Waals surface area contributed by atoms with Crippen LogP contribution in [0.2, 0.25) is 0 Å². The van der Waals surface area contributed by atoms with Gasteiger partial charge in [0.05, 0.1) is 17.3 Å². The molecular formula is C16H26N4O3S2. The molecule has 2 saturated heterocycles. The number of amides is 1. The lowest BCUT2D eigenvalue weighted by molar-refractivity contribution is -0.131. The van der Waals surface area contributed by atoms with Crippen LogP contribution in [0, 0.1) is 5.92 Å². The zero-order valence-corrected chi connectivity index (χ0v) is 16.5. The molecule has 25 heavy (non-hydrogen) atoms. The Labute approximate surface area is 153 Å². The van der Waals surface area contributed by atoms with Crippen LogP contribution in [0.1, 0.15) is 38.4 Å². The van der Waals surface area contributed by atoms with Gasteiger partial charge in [-0.1, -0.05) is 11.8 Å². The number of hydrogen-bond donors (Lipinski definition) is 0. The van der Waals surface area contributed by atoms with Crippen molar-refractivity contribution in [2.75, 3.05) is 23.8 Å². The van der Waals surface area contributed by atoms with Crippen molar-refractivity contribution < 1.29 is 13.2 Å². The van der Waals surface area contributed by atoms with Gasteiger partial charge < -0.3 is 9.47 Å². The van der Waals surface area contributed by atoms with E-state index in [2.05, 4.69) is 17.1 Å². The number of likely N-dealkylation sites (tertiary alicyclic amines) is 1. The maximum absolute atomic E-state index is 12.4. The molecule has 9 heteroatoms. The Bertz CT molecular complexity index is 732. The molecule has 3 heterocycles. The van der Waals surface area contributed by atoms with Crippen LogP contribution < -0.4 is 0 Å². The summed E-state index contributed by atoms with van der Waals surface area (Å²) in [6, 6.07) is 0.321. The first-order chi connectivity index (χ1) is 11.9. The third kappa shape index (κ3) is 4.55. The summed E-state index contributed by atoms with van der Waals surface area (Å²) >= 11 is 1.41. The summed E-state index contributed by atoms with van der Waals surface area (Å²) in [6.07, 6.45) is 4.68. The lowest BCUT2D eigenvalue weighted by Gasteiger charge is -2.33. The standard InChI is InChI=1S/C16H26N4O3S2/c1-12-5-3-4-7-20(12)15(21)10-24-16-18-17-14(19(16)2)9-13-6-8-25(22,23)11-13/h12-13H,3-11H2,1-2H3/t12-,13-/m0/s1. The second kappa shape index (κ2) is 7.65. The SMILES string of the molecule is C[C@H]1CCCCN1C(=O)CSc1nnc(C[C@@H]2CCS(=O)(=O)C2)n1C. The fourth-order valence-corrected chi connectivity index (χ4v) is 6.30. The zero-order valence-electron chi connectivity index (χ0n) is 14.8. The summed E-state index contributed by atoms with van der Waals surface area (Å²) < 4.78 is 25.1. The highest BCUT2D eigenvalue weighted by atomic mass is 32.2. The van der Waals surface area contributed by atoms with Gasteiger partial charge in [-0.05, 0) is 38.5 Å². The third-order valence-electron chi connectivity index (χ3n) is 5.17. The van der Waals surface area contributed by atoms with Crippen molar-refractivity contribution in [3.05, 3.63) is 5.82 Å². The van der Waals surface area contributed by atoms with Gasteiger partial charge in [0.2, 0.25) is 5.91 Å². The lowest BCUT2D eigenvalue weighted by atomic mass is 10.0. The Kier molecular flexibility index (Phi) is 5.72. The topological polar surface area (TPSA) is 85.2 Å². The normalized spacial score (nSPS) is 26.1. The first-order valence-corrected chi connectivity index (χ1v) is 11.7. The van der Waals surface area contributed by atoms with Crippen LogP contribution >= 0.6 is 11.8 Å². The highest BCUT2D eigenvalue weighted by Crippen LogP contribution is 2.24. The van der Waals surface area contributed by atoms with Crippen molar-refractivity contribution in [2.45, 2.75) is 50.2 Å². The Morgan fingerprint density at radius 1 is 1.28 bits per heavy atom.